The van der Waals surface area contributed by atoms with Gasteiger partial charge in [-0.3, -0.25) is 0 Å². The molecule has 1 atom stereocenters. The van der Waals surface area contributed by atoms with Crippen molar-refractivity contribution in [1.82, 2.24) is 15.1 Å². The van der Waals surface area contributed by atoms with E-state index in [1.165, 1.54) is 37.7 Å². The number of urea groups is 1. The first-order valence-electron chi connectivity index (χ1n) is 9.69. The lowest BCUT2D eigenvalue weighted by atomic mass is 9.94. The minimum atomic E-state index is 0.226. The zero-order chi connectivity index (χ0) is 16.4. The summed E-state index contributed by atoms with van der Waals surface area (Å²) in [6.45, 7) is 2.93. The minimum absolute atomic E-state index is 0.226. The van der Waals surface area contributed by atoms with Crippen LogP contribution in [0.1, 0.15) is 56.6 Å². The number of piperidine rings is 1. The van der Waals surface area contributed by atoms with Crippen molar-refractivity contribution in [1.29, 1.82) is 0 Å². The molecule has 1 aliphatic carbocycles. The second-order valence-electron chi connectivity index (χ2n) is 7.54. The molecule has 2 amide bonds. The lowest BCUT2D eigenvalue weighted by Gasteiger charge is -2.36. The van der Waals surface area contributed by atoms with Gasteiger partial charge < -0.3 is 15.1 Å². The van der Waals surface area contributed by atoms with Gasteiger partial charge in [0.2, 0.25) is 0 Å². The number of amides is 2. The molecule has 0 aromatic heterocycles. The van der Waals surface area contributed by atoms with Crippen LogP contribution in [-0.4, -0.2) is 47.5 Å². The highest BCUT2D eigenvalue weighted by atomic mass is 16.2. The highest BCUT2D eigenvalue weighted by Gasteiger charge is 2.44. The predicted molar refractivity (Wildman–Crippen MR) is 95.9 cm³/mol. The van der Waals surface area contributed by atoms with Gasteiger partial charge in [0.15, 0.2) is 0 Å². The number of nitrogens with zero attached hydrogens (tertiary/aromatic N) is 2. The van der Waals surface area contributed by atoms with Crippen molar-refractivity contribution in [3.05, 3.63) is 35.9 Å². The Kier molecular flexibility index (Phi) is 4.74. The van der Waals surface area contributed by atoms with Crippen LogP contribution in [0, 0.1) is 0 Å². The molecule has 4 rings (SSSR count). The molecule has 24 heavy (non-hydrogen) atoms. The van der Waals surface area contributed by atoms with Gasteiger partial charge in [-0.05, 0) is 44.3 Å². The van der Waals surface area contributed by atoms with E-state index in [0.717, 1.165) is 32.5 Å². The Bertz CT molecular complexity index is 549. The van der Waals surface area contributed by atoms with Crippen LogP contribution in [0.4, 0.5) is 4.79 Å². The summed E-state index contributed by atoms with van der Waals surface area (Å²) in [5, 5.41) is 3.43. The maximum absolute atomic E-state index is 13.3. The summed E-state index contributed by atoms with van der Waals surface area (Å²) >= 11 is 0. The fourth-order valence-electron chi connectivity index (χ4n) is 4.77. The Morgan fingerprint density at radius 2 is 1.58 bits per heavy atom. The third kappa shape index (κ3) is 3.04. The number of hydrogen-bond acceptors (Lipinski definition) is 2. The summed E-state index contributed by atoms with van der Waals surface area (Å²) in [4.78, 5) is 17.8. The van der Waals surface area contributed by atoms with Crippen molar-refractivity contribution in [2.45, 2.75) is 63.1 Å². The molecular weight excluding hydrogens is 298 g/mol. The van der Waals surface area contributed by atoms with E-state index in [4.69, 9.17) is 0 Å². The predicted octanol–water partition coefficient (Wildman–Crippen LogP) is 3.55. The fourth-order valence-corrected chi connectivity index (χ4v) is 4.77. The number of benzene rings is 1. The molecule has 1 saturated carbocycles. The number of carbonyl (C=O) groups excluding carboxylic acids is 1. The van der Waals surface area contributed by atoms with E-state index in [2.05, 4.69) is 45.4 Å². The lowest BCUT2D eigenvalue weighted by molar-refractivity contribution is 0.139. The van der Waals surface area contributed by atoms with E-state index in [1.807, 2.05) is 0 Å². The summed E-state index contributed by atoms with van der Waals surface area (Å²) in [7, 11) is 0. The van der Waals surface area contributed by atoms with Crippen LogP contribution < -0.4 is 5.32 Å². The quantitative estimate of drug-likeness (QED) is 0.921. The van der Waals surface area contributed by atoms with Crippen molar-refractivity contribution >= 4 is 6.03 Å². The SMILES string of the molecule is O=C1N(C2CCCCC2)CC(c2ccccc2)N1C1CCNCC1. The van der Waals surface area contributed by atoms with Crippen molar-refractivity contribution in [3.8, 4) is 0 Å². The molecule has 1 N–H and O–H groups in total. The van der Waals surface area contributed by atoms with Gasteiger partial charge in [-0.2, -0.15) is 0 Å². The molecule has 1 aromatic carbocycles. The standard InChI is InChI=1S/C20H29N3O/c24-20-22(17-9-5-2-6-10-17)15-19(16-7-3-1-4-8-16)23(20)18-11-13-21-14-12-18/h1,3-4,7-8,17-19,21H,2,5-6,9-15H2. The van der Waals surface area contributed by atoms with E-state index in [9.17, 15) is 4.79 Å². The summed E-state index contributed by atoms with van der Waals surface area (Å²) in [6.07, 6.45) is 8.41. The van der Waals surface area contributed by atoms with Crippen LogP contribution in [0.25, 0.3) is 0 Å². The molecule has 3 fully saturated rings. The van der Waals surface area contributed by atoms with E-state index in [0.29, 0.717) is 18.1 Å². The van der Waals surface area contributed by atoms with Crippen molar-refractivity contribution in [3.63, 3.8) is 0 Å². The van der Waals surface area contributed by atoms with Crippen molar-refractivity contribution in [2.24, 2.45) is 0 Å². The van der Waals surface area contributed by atoms with Gasteiger partial charge in [-0.25, -0.2) is 4.79 Å². The number of rotatable bonds is 3. The first-order chi connectivity index (χ1) is 11.8. The van der Waals surface area contributed by atoms with Crippen molar-refractivity contribution < 1.29 is 4.79 Å². The second kappa shape index (κ2) is 7.14. The van der Waals surface area contributed by atoms with Gasteiger partial charge in [0, 0.05) is 18.6 Å². The van der Waals surface area contributed by atoms with Crippen LogP contribution in [0.5, 0.6) is 0 Å². The zero-order valence-electron chi connectivity index (χ0n) is 14.5. The molecule has 1 unspecified atom stereocenters. The molecule has 4 heteroatoms. The van der Waals surface area contributed by atoms with E-state index < -0.39 is 0 Å². The van der Waals surface area contributed by atoms with E-state index in [1.54, 1.807) is 0 Å². The van der Waals surface area contributed by atoms with Gasteiger partial charge in [-0.1, -0.05) is 49.6 Å². The maximum Gasteiger partial charge on any atom is 0.321 e. The summed E-state index contributed by atoms with van der Waals surface area (Å²) in [5.41, 5.74) is 1.29. The molecule has 130 valence electrons. The Balaban J connectivity index is 1.60. The van der Waals surface area contributed by atoms with Crippen LogP contribution in [-0.2, 0) is 0 Å². The average molecular weight is 327 g/mol. The molecule has 4 nitrogen and oxygen atoms in total. The largest absolute Gasteiger partial charge is 0.321 e. The first-order valence-corrected chi connectivity index (χ1v) is 9.69. The molecular formula is C20H29N3O. The summed E-state index contributed by atoms with van der Waals surface area (Å²) in [6, 6.07) is 12.0. The highest BCUT2D eigenvalue weighted by molar-refractivity contribution is 5.78. The Morgan fingerprint density at radius 3 is 2.29 bits per heavy atom. The van der Waals surface area contributed by atoms with E-state index in [-0.39, 0.29) is 6.04 Å². The highest BCUT2D eigenvalue weighted by Crippen LogP contribution is 2.37. The zero-order valence-corrected chi connectivity index (χ0v) is 14.5. The number of carbonyl (C=O) groups is 1. The van der Waals surface area contributed by atoms with E-state index >= 15 is 0 Å². The van der Waals surface area contributed by atoms with Gasteiger partial charge in [0.25, 0.3) is 0 Å². The third-order valence-electron chi connectivity index (χ3n) is 6.07. The monoisotopic (exact) mass is 327 g/mol. The Labute approximate surface area is 145 Å². The van der Waals surface area contributed by atoms with Crippen LogP contribution in [0.3, 0.4) is 0 Å². The fraction of sp³-hybridized carbons (Fsp3) is 0.650. The van der Waals surface area contributed by atoms with Gasteiger partial charge in [-0.15, -0.1) is 0 Å². The summed E-state index contributed by atoms with van der Waals surface area (Å²) < 4.78 is 0. The number of hydrogen-bond donors (Lipinski definition) is 1. The molecule has 2 heterocycles. The Hall–Kier alpha value is -1.55. The Morgan fingerprint density at radius 1 is 0.875 bits per heavy atom. The number of nitrogens with one attached hydrogen (secondary N) is 1. The smallest absolute Gasteiger partial charge is 0.319 e. The molecule has 2 saturated heterocycles. The molecule has 3 aliphatic rings. The molecule has 2 aliphatic heterocycles. The second-order valence-corrected chi connectivity index (χ2v) is 7.54. The summed E-state index contributed by atoms with van der Waals surface area (Å²) in [5.74, 6) is 0. The van der Waals surface area contributed by atoms with Gasteiger partial charge >= 0.3 is 6.03 Å². The first kappa shape index (κ1) is 15.9. The lowest BCUT2D eigenvalue weighted by Crippen LogP contribution is -2.47. The average Bonchev–Trinajstić information content (AvgIpc) is 3.01. The van der Waals surface area contributed by atoms with Crippen LogP contribution in [0.15, 0.2) is 30.3 Å². The maximum atomic E-state index is 13.3. The minimum Gasteiger partial charge on any atom is -0.319 e. The topological polar surface area (TPSA) is 35.6 Å². The molecule has 0 radical (unpaired) electrons. The molecule has 0 spiro atoms. The van der Waals surface area contributed by atoms with Crippen LogP contribution in [0.2, 0.25) is 0 Å². The van der Waals surface area contributed by atoms with Crippen molar-refractivity contribution in [2.75, 3.05) is 19.6 Å². The normalized spacial score (nSPS) is 27.0. The van der Waals surface area contributed by atoms with Gasteiger partial charge in [0.1, 0.15) is 0 Å². The molecule has 0 bridgehead atoms. The van der Waals surface area contributed by atoms with Gasteiger partial charge in [0.05, 0.1) is 6.04 Å². The van der Waals surface area contributed by atoms with Crippen LogP contribution >= 0.6 is 0 Å². The third-order valence-corrected chi connectivity index (χ3v) is 6.07. The molecule has 1 aromatic rings.